The summed E-state index contributed by atoms with van der Waals surface area (Å²) in [5.41, 5.74) is 0. The average Bonchev–Trinajstić information content (AvgIpc) is 2.64. The van der Waals surface area contributed by atoms with Crippen molar-refractivity contribution in [3.8, 4) is 0 Å². The summed E-state index contributed by atoms with van der Waals surface area (Å²) < 4.78 is 0. The predicted molar refractivity (Wildman–Crippen MR) is 57.3 cm³/mol. The van der Waals surface area contributed by atoms with Gasteiger partial charge in [-0.2, -0.15) is 0 Å². The van der Waals surface area contributed by atoms with Gasteiger partial charge < -0.3 is 15.3 Å². The summed E-state index contributed by atoms with van der Waals surface area (Å²) in [7, 11) is 0. The van der Waals surface area contributed by atoms with Crippen molar-refractivity contribution < 1.29 is 5.11 Å². The van der Waals surface area contributed by atoms with Gasteiger partial charge in [0.25, 0.3) is 0 Å². The molecular formula is C11H22N2O. The summed E-state index contributed by atoms with van der Waals surface area (Å²) in [4.78, 5) is 2.50. The SMILES string of the molecule is CC1CN(CC2CCCN2)CCC1O. The standard InChI is InChI=1S/C11H22N2O/c1-9-7-13(6-4-11(9)14)8-10-3-2-5-12-10/h9-12,14H,2-8H2,1H3. The second-order valence-electron chi connectivity index (χ2n) is 4.89. The van der Waals surface area contributed by atoms with E-state index in [1.54, 1.807) is 0 Å². The van der Waals surface area contributed by atoms with Gasteiger partial charge in [-0.05, 0) is 31.7 Å². The minimum absolute atomic E-state index is 0.0669. The van der Waals surface area contributed by atoms with Crippen molar-refractivity contribution >= 4 is 0 Å². The van der Waals surface area contributed by atoms with E-state index in [-0.39, 0.29) is 6.10 Å². The van der Waals surface area contributed by atoms with E-state index in [0.717, 1.165) is 19.5 Å². The third-order valence-electron chi connectivity index (χ3n) is 3.59. The molecule has 14 heavy (non-hydrogen) atoms. The van der Waals surface area contributed by atoms with E-state index >= 15 is 0 Å². The van der Waals surface area contributed by atoms with Crippen LogP contribution in [0.2, 0.25) is 0 Å². The second kappa shape index (κ2) is 4.60. The Kier molecular flexibility index (Phi) is 3.42. The molecule has 0 radical (unpaired) electrons. The van der Waals surface area contributed by atoms with Crippen molar-refractivity contribution in [2.24, 2.45) is 5.92 Å². The van der Waals surface area contributed by atoms with E-state index < -0.39 is 0 Å². The minimum Gasteiger partial charge on any atom is -0.393 e. The maximum absolute atomic E-state index is 9.61. The second-order valence-corrected chi connectivity index (χ2v) is 4.89. The Balaban J connectivity index is 1.75. The molecule has 3 heteroatoms. The van der Waals surface area contributed by atoms with E-state index in [1.165, 1.54) is 25.9 Å². The van der Waals surface area contributed by atoms with Gasteiger partial charge >= 0.3 is 0 Å². The van der Waals surface area contributed by atoms with Crippen molar-refractivity contribution in [3.05, 3.63) is 0 Å². The molecule has 2 rings (SSSR count). The molecule has 0 aromatic carbocycles. The molecule has 0 bridgehead atoms. The van der Waals surface area contributed by atoms with Gasteiger partial charge in [-0.25, -0.2) is 0 Å². The summed E-state index contributed by atoms with van der Waals surface area (Å²) in [5, 5.41) is 13.1. The highest BCUT2D eigenvalue weighted by molar-refractivity contribution is 4.82. The van der Waals surface area contributed by atoms with Crippen LogP contribution in [-0.2, 0) is 0 Å². The summed E-state index contributed by atoms with van der Waals surface area (Å²) in [5.74, 6) is 0.449. The van der Waals surface area contributed by atoms with E-state index in [9.17, 15) is 5.11 Å². The number of piperidine rings is 1. The lowest BCUT2D eigenvalue weighted by atomic mass is 9.96. The average molecular weight is 198 g/mol. The van der Waals surface area contributed by atoms with Gasteiger partial charge in [0, 0.05) is 25.7 Å². The van der Waals surface area contributed by atoms with Crippen LogP contribution in [0.5, 0.6) is 0 Å². The van der Waals surface area contributed by atoms with Crippen LogP contribution in [0.15, 0.2) is 0 Å². The highest BCUT2D eigenvalue weighted by Gasteiger charge is 2.26. The van der Waals surface area contributed by atoms with Gasteiger partial charge in [0.2, 0.25) is 0 Å². The summed E-state index contributed by atoms with van der Waals surface area (Å²) in [6, 6.07) is 0.706. The van der Waals surface area contributed by atoms with Crippen LogP contribution >= 0.6 is 0 Å². The Bertz CT molecular complexity index is 180. The van der Waals surface area contributed by atoms with Crippen LogP contribution in [0.3, 0.4) is 0 Å². The monoisotopic (exact) mass is 198 g/mol. The number of likely N-dealkylation sites (tertiary alicyclic amines) is 1. The van der Waals surface area contributed by atoms with Crippen LogP contribution in [0.25, 0.3) is 0 Å². The molecule has 0 saturated carbocycles. The first-order chi connectivity index (χ1) is 6.75. The normalized spacial score (nSPS) is 40.3. The lowest BCUT2D eigenvalue weighted by molar-refractivity contribution is 0.0322. The van der Waals surface area contributed by atoms with Crippen LogP contribution in [0.1, 0.15) is 26.2 Å². The first-order valence-corrected chi connectivity index (χ1v) is 5.89. The molecule has 2 aliphatic rings. The number of nitrogens with one attached hydrogen (secondary N) is 1. The third-order valence-corrected chi connectivity index (χ3v) is 3.59. The van der Waals surface area contributed by atoms with E-state index in [1.807, 2.05) is 0 Å². The van der Waals surface area contributed by atoms with E-state index in [0.29, 0.717) is 12.0 Å². The fourth-order valence-electron chi connectivity index (χ4n) is 2.61. The fraction of sp³-hybridized carbons (Fsp3) is 1.00. The first-order valence-electron chi connectivity index (χ1n) is 5.89. The Labute approximate surface area is 86.5 Å². The number of nitrogens with zero attached hydrogens (tertiary/aromatic N) is 1. The zero-order valence-electron chi connectivity index (χ0n) is 9.08. The van der Waals surface area contributed by atoms with E-state index in [4.69, 9.17) is 0 Å². The Morgan fingerprint density at radius 2 is 2.29 bits per heavy atom. The summed E-state index contributed by atoms with van der Waals surface area (Å²) >= 11 is 0. The van der Waals surface area contributed by atoms with Crippen molar-refractivity contribution in [1.29, 1.82) is 0 Å². The topological polar surface area (TPSA) is 35.5 Å². The number of rotatable bonds is 2. The highest BCUT2D eigenvalue weighted by Crippen LogP contribution is 2.17. The number of hydrogen-bond acceptors (Lipinski definition) is 3. The third kappa shape index (κ3) is 2.47. The highest BCUT2D eigenvalue weighted by atomic mass is 16.3. The largest absolute Gasteiger partial charge is 0.393 e. The zero-order valence-corrected chi connectivity index (χ0v) is 9.08. The quantitative estimate of drug-likeness (QED) is 0.676. The summed E-state index contributed by atoms with van der Waals surface area (Å²) in [6.45, 7) is 6.66. The molecule has 0 amide bonds. The summed E-state index contributed by atoms with van der Waals surface area (Å²) in [6.07, 6.45) is 3.54. The predicted octanol–water partition coefficient (Wildman–Crippen LogP) is 0.441. The smallest absolute Gasteiger partial charge is 0.0590 e. The molecule has 0 aromatic heterocycles. The molecule has 2 saturated heterocycles. The Morgan fingerprint density at radius 1 is 1.43 bits per heavy atom. The molecule has 2 N–H and O–H groups in total. The van der Waals surface area contributed by atoms with Crippen LogP contribution in [0.4, 0.5) is 0 Å². The number of hydrogen-bond donors (Lipinski definition) is 2. The van der Waals surface area contributed by atoms with Crippen molar-refractivity contribution in [2.45, 2.75) is 38.3 Å². The molecule has 3 nitrogen and oxygen atoms in total. The number of aliphatic hydroxyl groups excluding tert-OH is 1. The molecule has 2 aliphatic heterocycles. The molecule has 2 fully saturated rings. The molecule has 2 heterocycles. The van der Waals surface area contributed by atoms with Gasteiger partial charge in [0.05, 0.1) is 6.10 Å². The lowest BCUT2D eigenvalue weighted by Gasteiger charge is -2.35. The maximum Gasteiger partial charge on any atom is 0.0590 e. The molecule has 0 aromatic rings. The fourth-order valence-corrected chi connectivity index (χ4v) is 2.61. The van der Waals surface area contributed by atoms with Gasteiger partial charge in [-0.1, -0.05) is 6.92 Å². The molecular weight excluding hydrogens is 176 g/mol. The van der Waals surface area contributed by atoms with Gasteiger partial charge in [-0.3, -0.25) is 0 Å². The van der Waals surface area contributed by atoms with Crippen molar-refractivity contribution in [1.82, 2.24) is 10.2 Å². The molecule has 0 spiro atoms. The zero-order chi connectivity index (χ0) is 9.97. The lowest BCUT2D eigenvalue weighted by Crippen LogP contribution is -2.46. The van der Waals surface area contributed by atoms with Crippen molar-refractivity contribution in [2.75, 3.05) is 26.2 Å². The Morgan fingerprint density at radius 3 is 2.93 bits per heavy atom. The van der Waals surface area contributed by atoms with E-state index in [2.05, 4.69) is 17.1 Å². The van der Waals surface area contributed by atoms with Crippen LogP contribution in [-0.4, -0.2) is 48.3 Å². The molecule has 3 atom stereocenters. The molecule has 0 aliphatic carbocycles. The van der Waals surface area contributed by atoms with Gasteiger partial charge in [-0.15, -0.1) is 0 Å². The maximum atomic E-state index is 9.61. The minimum atomic E-state index is -0.0669. The van der Waals surface area contributed by atoms with Crippen LogP contribution < -0.4 is 5.32 Å². The molecule has 3 unspecified atom stereocenters. The van der Waals surface area contributed by atoms with Crippen LogP contribution in [0, 0.1) is 5.92 Å². The number of aliphatic hydroxyl groups is 1. The van der Waals surface area contributed by atoms with Gasteiger partial charge in [0.15, 0.2) is 0 Å². The van der Waals surface area contributed by atoms with Crippen molar-refractivity contribution in [3.63, 3.8) is 0 Å². The Hall–Kier alpha value is -0.120. The first kappa shape index (κ1) is 10.4. The van der Waals surface area contributed by atoms with Gasteiger partial charge in [0.1, 0.15) is 0 Å². The molecule has 82 valence electrons.